The molecule has 0 aliphatic carbocycles. The number of carbonyl (C=O) groups excluding carboxylic acids is 2. The van der Waals surface area contributed by atoms with E-state index in [1.165, 1.54) is 0 Å². The van der Waals surface area contributed by atoms with Crippen molar-refractivity contribution in [3.05, 3.63) is 89.2 Å². The fourth-order valence-corrected chi connectivity index (χ4v) is 3.48. The SMILES string of the molecule is Cc1ccc(NC(=O)c2cccc(N(C)C)c2)cc1NC(=O)c1cc2cccnc2nc1C. The fourth-order valence-electron chi connectivity index (χ4n) is 3.48. The number of rotatable bonds is 5. The van der Waals surface area contributed by atoms with Crippen LogP contribution in [0.25, 0.3) is 11.0 Å². The Hall–Kier alpha value is -4.26. The summed E-state index contributed by atoms with van der Waals surface area (Å²) in [5.74, 6) is -0.488. The van der Waals surface area contributed by atoms with Crippen molar-refractivity contribution < 1.29 is 9.59 Å². The zero-order valence-corrected chi connectivity index (χ0v) is 19.0. The van der Waals surface area contributed by atoms with E-state index in [1.807, 2.05) is 68.4 Å². The lowest BCUT2D eigenvalue weighted by atomic mass is 10.1. The first-order chi connectivity index (χ1) is 15.8. The molecule has 7 nitrogen and oxygen atoms in total. The second-order valence-electron chi connectivity index (χ2n) is 8.05. The van der Waals surface area contributed by atoms with E-state index < -0.39 is 0 Å². The number of pyridine rings is 2. The Kier molecular flexibility index (Phi) is 6.04. The Bertz CT molecular complexity index is 1360. The number of amides is 2. The van der Waals surface area contributed by atoms with Crippen molar-refractivity contribution in [3.8, 4) is 0 Å². The summed E-state index contributed by atoms with van der Waals surface area (Å²) in [5.41, 5.74) is 5.26. The van der Waals surface area contributed by atoms with E-state index in [0.29, 0.717) is 33.8 Å². The van der Waals surface area contributed by atoms with Gasteiger partial charge < -0.3 is 15.5 Å². The monoisotopic (exact) mass is 439 g/mol. The van der Waals surface area contributed by atoms with Crippen LogP contribution in [0.15, 0.2) is 66.9 Å². The van der Waals surface area contributed by atoms with Crippen molar-refractivity contribution in [1.29, 1.82) is 0 Å². The molecule has 0 saturated heterocycles. The van der Waals surface area contributed by atoms with Gasteiger partial charge in [0, 0.05) is 48.3 Å². The number of hydrogen-bond acceptors (Lipinski definition) is 5. The fraction of sp³-hybridized carbons (Fsp3) is 0.154. The normalized spacial score (nSPS) is 10.7. The summed E-state index contributed by atoms with van der Waals surface area (Å²) in [6, 6.07) is 18.3. The highest BCUT2D eigenvalue weighted by Crippen LogP contribution is 2.23. The predicted molar refractivity (Wildman–Crippen MR) is 132 cm³/mol. The Morgan fingerprint density at radius 1 is 0.879 bits per heavy atom. The van der Waals surface area contributed by atoms with Gasteiger partial charge in [-0.2, -0.15) is 0 Å². The summed E-state index contributed by atoms with van der Waals surface area (Å²) < 4.78 is 0. The number of carbonyl (C=O) groups is 2. The average molecular weight is 440 g/mol. The Labute approximate surface area is 192 Å². The minimum atomic E-state index is -0.268. The highest BCUT2D eigenvalue weighted by atomic mass is 16.2. The van der Waals surface area contributed by atoms with Crippen molar-refractivity contribution in [2.24, 2.45) is 0 Å². The maximum atomic E-state index is 13.0. The minimum absolute atomic E-state index is 0.220. The van der Waals surface area contributed by atoms with Gasteiger partial charge in [-0.1, -0.05) is 12.1 Å². The molecule has 166 valence electrons. The van der Waals surface area contributed by atoms with Gasteiger partial charge >= 0.3 is 0 Å². The van der Waals surface area contributed by atoms with Crippen molar-refractivity contribution in [2.75, 3.05) is 29.6 Å². The number of aryl methyl sites for hydroxylation is 2. The van der Waals surface area contributed by atoms with Crippen LogP contribution in [0.2, 0.25) is 0 Å². The third-order valence-electron chi connectivity index (χ3n) is 5.39. The number of benzene rings is 2. The van der Waals surface area contributed by atoms with E-state index in [1.54, 1.807) is 31.3 Å². The first-order valence-electron chi connectivity index (χ1n) is 10.5. The van der Waals surface area contributed by atoms with Crippen LogP contribution < -0.4 is 15.5 Å². The quantitative estimate of drug-likeness (QED) is 0.466. The molecule has 2 aromatic carbocycles. The molecular weight excluding hydrogens is 414 g/mol. The third-order valence-corrected chi connectivity index (χ3v) is 5.39. The molecule has 0 bridgehead atoms. The largest absolute Gasteiger partial charge is 0.378 e. The maximum absolute atomic E-state index is 13.0. The molecule has 2 amide bonds. The average Bonchev–Trinajstić information content (AvgIpc) is 2.80. The lowest BCUT2D eigenvalue weighted by Crippen LogP contribution is -2.16. The van der Waals surface area contributed by atoms with Gasteiger partial charge in [-0.3, -0.25) is 9.59 Å². The molecule has 0 radical (unpaired) electrons. The number of nitrogens with zero attached hydrogens (tertiary/aromatic N) is 3. The maximum Gasteiger partial charge on any atom is 0.257 e. The number of nitrogens with one attached hydrogen (secondary N) is 2. The topological polar surface area (TPSA) is 87.2 Å². The van der Waals surface area contributed by atoms with E-state index in [2.05, 4.69) is 20.6 Å². The zero-order chi connectivity index (χ0) is 23.5. The van der Waals surface area contributed by atoms with Crippen LogP contribution in [0.1, 0.15) is 32.0 Å². The molecule has 0 aliphatic heterocycles. The summed E-state index contributed by atoms with van der Waals surface area (Å²) in [7, 11) is 3.85. The molecular formula is C26H25N5O2. The van der Waals surface area contributed by atoms with Gasteiger partial charge in [-0.05, 0) is 67.9 Å². The van der Waals surface area contributed by atoms with Crippen molar-refractivity contribution in [2.45, 2.75) is 13.8 Å². The molecule has 2 aromatic heterocycles. The van der Waals surface area contributed by atoms with Gasteiger partial charge in [0.05, 0.1) is 11.3 Å². The van der Waals surface area contributed by atoms with E-state index >= 15 is 0 Å². The second-order valence-corrected chi connectivity index (χ2v) is 8.05. The highest BCUT2D eigenvalue weighted by molar-refractivity contribution is 6.08. The number of aromatic nitrogens is 2. The van der Waals surface area contributed by atoms with Gasteiger partial charge in [-0.25, -0.2) is 9.97 Å². The van der Waals surface area contributed by atoms with Gasteiger partial charge in [0.2, 0.25) is 0 Å². The molecule has 0 spiro atoms. The molecule has 2 heterocycles. The van der Waals surface area contributed by atoms with Crippen LogP contribution in [0.4, 0.5) is 17.1 Å². The first-order valence-corrected chi connectivity index (χ1v) is 10.5. The molecule has 4 rings (SSSR count). The molecule has 4 aromatic rings. The van der Waals surface area contributed by atoms with Crippen LogP contribution in [0.5, 0.6) is 0 Å². The van der Waals surface area contributed by atoms with Gasteiger partial charge in [-0.15, -0.1) is 0 Å². The van der Waals surface area contributed by atoms with Gasteiger partial charge in [0.15, 0.2) is 5.65 Å². The Morgan fingerprint density at radius 3 is 2.48 bits per heavy atom. The number of anilines is 3. The van der Waals surface area contributed by atoms with Crippen molar-refractivity contribution in [3.63, 3.8) is 0 Å². The zero-order valence-electron chi connectivity index (χ0n) is 19.0. The first kappa shape index (κ1) is 22.0. The van der Waals surface area contributed by atoms with Crippen molar-refractivity contribution >= 4 is 39.9 Å². The molecule has 33 heavy (non-hydrogen) atoms. The van der Waals surface area contributed by atoms with Crippen LogP contribution in [-0.4, -0.2) is 35.9 Å². The lowest BCUT2D eigenvalue weighted by Gasteiger charge is -2.14. The standard InChI is InChI=1S/C26H25N5O2/c1-16-10-11-20(29-25(32)19-7-5-9-21(13-19)31(3)4)15-23(16)30-26(33)22-14-18-8-6-12-27-24(18)28-17(22)2/h5-15H,1-4H3,(H,29,32)(H,30,33). The minimum Gasteiger partial charge on any atom is -0.378 e. The summed E-state index contributed by atoms with van der Waals surface area (Å²) in [6.07, 6.45) is 1.68. The van der Waals surface area contributed by atoms with Crippen LogP contribution in [-0.2, 0) is 0 Å². The van der Waals surface area contributed by atoms with Crippen LogP contribution in [0.3, 0.4) is 0 Å². The molecule has 0 fully saturated rings. The molecule has 0 aliphatic rings. The molecule has 7 heteroatoms. The molecule has 0 saturated carbocycles. The van der Waals surface area contributed by atoms with Crippen LogP contribution >= 0.6 is 0 Å². The predicted octanol–water partition coefficient (Wildman–Crippen LogP) is 4.82. The van der Waals surface area contributed by atoms with Gasteiger partial charge in [0.1, 0.15) is 0 Å². The second kappa shape index (κ2) is 9.08. The summed E-state index contributed by atoms with van der Waals surface area (Å²) >= 11 is 0. The third kappa shape index (κ3) is 4.82. The summed E-state index contributed by atoms with van der Waals surface area (Å²) in [6.45, 7) is 3.69. The van der Waals surface area contributed by atoms with E-state index in [9.17, 15) is 9.59 Å². The van der Waals surface area contributed by atoms with E-state index in [4.69, 9.17) is 0 Å². The Balaban J connectivity index is 1.55. The van der Waals surface area contributed by atoms with Gasteiger partial charge in [0.25, 0.3) is 11.8 Å². The summed E-state index contributed by atoms with van der Waals surface area (Å²) in [4.78, 5) is 36.4. The highest BCUT2D eigenvalue weighted by Gasteiger charge is 2.15. The molecule has 0 unspecified atom stereocenters. The smallest absolute Gasteiger partial charge is 0.257 e. The van der Waals surface area contributed by atoms with Crippen LogP contribution in [0, 0.1) is 13.8 Å². The Morgan fingerprint density at radius 2 is 1.70 bits per heavy atom. The summed E-state index contributed by atoms with van der Waals surface area (Å²) in [5, 5.41) is 6.66. The van der Waals surface area contributed by atoms with E-state index in [0.717, 1.165) is 16.6 Å². The lowest BCUT2D eigenvalue weighted by molar-refractivity contribution is 0.101. The molecule has 0 atom stereocenters. The molecule has 2 N–H and O–H groups in total. The van der Waals surface area contributed by atoms with Crippen molar-refractivity contribution in [1.82, 2.24) is 9.97 Å². The number of fused-ring (bicyclic) bond motifs is 1. The van der Waals surface area contributed by atoms with E-state index in [-0.39, 0.29) is 11.8 Å². The number of hydrogen-bond donors (Lipinski definition) is 2.